The molecule has 2 N–H and O–H groups in total. The van der Waals surface area contributed by atoms with E-state index in [0.717, 1.165) is 18.8 Å². The van der Waals surface area contributed by atoms with Gasteiger partial charge in [0.25, 0.3) is 5.91 Å². The van der Waals surface area contributed by atoms with Crippen molar-refractivity contribution in [2.24, 2.45) is 0 Å². The van der Waals surface area contributed by atoms with Crippen LogP contribution in [0.4, 0.5) is 11.4 Å². The first-order valence-electron chi connectivity index (χ1n) is 9.03. The first-order valence-corrected chi connectivity index (χ1v) is 9.03. The molecule has 0 saturated carbocycles. The summed E-state index contributed by atoms with van der Waals surface area (Å²) in [5.41, 5.74) is 4.11. The van der Waals surface area contributed by atoms with E-state index in [2.05, 4.69) is 34.5 Å². The van der Waals surface area contributed by atoms with Crippen LogP contribution in [-0.4, -0.2) is 17.1 Å². The maximum atomic E-state index is 11.8. The zero-order valence-electron chi connectivity index (χ0n) is 15.4. The molecule has 4 heteroatoms. The standard InChI is InChI=1S/C23H24N2O2/c1-18(26)23(27)24-21-13-8-14-22(15-21)25(16-19-9-4-2-5-10-19)17-20-11-6-3-7-12-20/h2-15,18,26H,16-17H2,1H3,(H,24,27). The number of aliphatic hydroxyl groups excluding tert-OH is 1. The molecule has 0 bridgehead atoms. The van der Waals surface area contributed by atoms with E-state index < -0.39 is 12.0 Å². The second-order valence-electron chi connectivity index (χ2n) is 6.54. The monoisotopic (exact) mass is 360 g/mol. The number of amides is 1. The van der Waals surface area contributed by atoms with E-state index in [1.165, 1.54) is 18.1 Å². The largest absolute Gasteiger partial charge is 0.384 e. The maximum Gasteiger partial charge on any atom is 0.252 e. The second-order valence-corrected chi connectivity index (χ2v) is 6.54. The Labute approximate surface area is 160 Å². The molecule has 4 nitrogen and oxygen atoms in total. The van der Waals surface area contributed by atoms with Gasteiger partial charge in [-0.05, 0) is 36.2 Å². The van der Waals surface area contributed by atoms with Gasteiger partial charge in [-0.2, -0.15) is 0 Å². The van der Waals surface area contributed by atoms with Gasteiger partial charge in [0.05, 0.1) is 0 Å². The Balaban J connectivity index is 1.86. The van der Waals surface area contributed by atoms with Crippen molar-refractivity contribution < 1.29 is 9.90 Å². The van der Waals surface area contributed by atoms with Gasteiger partial charge in [-0.25, -0.2) is 0 Å². The molecular weight excluding hydrogens is 336 g/mol. The molecule has 0 spiro atoms. The smallest absolute Gasteiger partial charge is 0.252 e. The molecule has 0 aliphatic carbocycles. The van der Waals surface area contributed by atoms with Gasteiger partial charge >= 0.3 is 0 Å². The van der Waals surface area contributed by atoms with Crippen molar-refractivity contribution in [2.45, 2.75) is 26.1 Å². The number of hydrogen-bond acceptors (Lipinski definition) is 3. The van der Waals surface area contributed by atoms with Gasteiger partial charge in [0, 0.05) is 24.5 Å². The van der Waals surface area contributed by atoms with Crippen LogP contribution in [-0.2, 0) is 17.9 Å². The third-order valence-corrected chi connectivity index (χ3v) is 4.29. The molecule has 1 atom stereocenters. The van der Waals surface area contributed by atoms with E-state index in [-0.39, 0.29) is 0 Å². The lowest BCUT2D eigenvalue weighted by molar-refractivity contribution is -0.123. The lowest BCUT2D eigenvalue weighted by Gasteiger charge is -2.26. The summed E-state index contributed by atoms with van der Waals surface area (Å²) >= 11 is 0. The van der Waals surface area contributed by atoms with Crippen LogP contribution in [0.15, 0.2) is 84.9 Å². The molecule has 0 aromatic heterocycles. The van der Waals surface area contributed by atoms with Crippen molar-refractivity contribution in [3.05, 3.63) is 96.1 Å². The lowest BCUT2D eigenvalue weighted by atomic mass is 10.1. The molecule has 3 aromatic rings. The highest BCUT2D eigenvalue weighted by molar-refractivity contribution is 5.94. The predicted molar refractivity (Wildman–Crippen MR) is 110 cm³/mol. The molecule has 0 radical (unpaired) electrons. The van der Waals surface area contributed by atoms with Gasteiger partial charge in [0.1, 0.15) is 6.10 Å². The van der Waals surface area contributed by atoms with Crippen LogP contribution in [0.3, 0.4) is 0 Å². The molecule has 138 valence electrons. The van der Waals surface area contributed by atoms with Gasteiger partial charge in [-0.1, -0.05) is 66.7 Å². The van der Waals surface area contributed by atoms with Crippen LogP contribution in [0.2, 0.25) is 0 Å². The summed E-state index contributed by atoms with van der Waals surface area (Å²) in [6, 6.07) is 28.3. The minimum Gasteiger partial charge on any atom is -0.384 e. The van der Waals surface area contributed by atoms with Crippen molar-refractivity contribution in [2.75, 3.05) is 10.2 Å². The van der Waals surface area contributed by atoms with E-state index in [4.69, 9.17) is 0 Å². The molecule has 1 unspecified atom stereocenters. The van der Waals surface area contributed by atoms with Crippen molar-refractivity contribution in [1.29, 1.82) is 0 Å². The average molecular weight is 360 g/mol. The first kappa shape index (κ1) is 18.7. The fourth-order valence-electron chi connectivity index (χ4n) is 2.87. The molecule has 3 rings (SSSR count). The summed E-state index contributed by atoms with van der Waals surface area (Å²) in [5, 5.41) is 12.2. The van der Waals surface area contributed by atoms with Crippen LogP contribution in [0.25, 0.3) is 0 Å². The van der Waals surface area contributed by atoms with Gasteiger partial charge in [0.15, 0.2) is 0 Å². The number of anilines is 2. The van der Waals surface area contributed by atoms with Crippen LogP contribution < -0.4 is 10.2 Å². The number of carbonyl (C=O) groups excluding carboxylic acids is 1. The van der Waals surface area contributed by atoms with E-state index >= 15 is 0 Å². The summed E-state index contributed by atoms with van der Waals surface area (Å²) in [6.45, 7) is 2.96. The third kappa shape index (κ3) is 5.43. The van der Waals surface area contributed by atoms with Crippen LogP contribution in [0.1, 0.15) is 18.1 Å². The number of rotatable bonds is 7. The van der Waals surface area contributed by atoms with E-state index in [1.54, 1.807) is 0 Å². The van der Waals surface area contributed by atoms with Crippen LogP contribution in [0.5, 0.6) is 0 Å². The maximum absolute atomic E-state index is 11.8. The number of nitrogens with zero attached hydrogens (tertiary/aromatic N) is 1. The Hall–Kier alpha value is -3.11. The van der Waals surface area contributed by atoms with E-state index in [9.17, 15) is 9.90 Å². The first-order chi connectivity index (χ1) is 13.1. The molecule has 3 aromatic carbocycles. The number of aliphatic hydroxyl groups is 1. The summed E-state index contributed by atoms with van der Waals surface area (Å²) < 4.78 is 0. The number of carbonyl (C=O) groups is 1. The van der Waals surface area contributed by atoms with Gasteiger partial charge in [0.2, 0.25) is 0 Å². The van der Waals surface area contributed by atoms with Crippen molar-refractivity contribution in [3.8, 4) is 0 Å². The quantitative estimate of drug-likeness (QED) is 0.663. The fraction of sp³-hybridized carbons (Fsp3) is 0.174. The Morgan fingerprint density at radius 2 is 1.44 bits per heavy atom. The Morgan fingerprint density at radius 3 is 1.96 bits per heavy atom. The number of nitrogens with one attached hydrogen (secondary N) is 1. The molecule has 0 fully saturated rings. The van der Waals surface area contributed by atoms with Crippen LogP contribution >= 0.6 is 0 Å². The molecule has 1 amide bonds. The van der Waals surface area contributed by atoms with E-state index in [0.29, 0.717) is 5.69 Å². The zero-order chi connectivity index (χ0) is 19.1. The molecule has 0 aliphatic heterocycles. The van der Waals surface area contributed by atoms with Crippen molar-refractivity contribution in [1.82, 2.24) is 0 Å². The van der Waals surface area contributed by atoms with Crippen LogP contribution in [0, 0.1) is 0 Å². The van der Waals surface area contributed by atoms with Crippen molar-refractivity contribution >= 4 is 17.3 Å². The van der Waals surface area contributed by atoms with Crippen molar-refractivity contribution in [3.63, 3.8) is 0 Å². The third-order valence-electron chi connectivity index (χ3n) is 4.29. The lowest BCUT2D eigenvalue weighted by Crippen LogP contribution is -2.25. The van der Waals surface area contributed by atoms with Gasteiger partial charge in [-0.15, -0.1) is 0 Å². The molecule has 0 aliphatic rings. The average Bonchev–Trinajstić information content (AvgIpc) is 2.69. The predicted octanol–water partition coefficient (Wildman–Crippen LogP) is 4.21. The number of hydrogen-bond donors (Lipinski definition) is 2. The highest BCUT2D eigenvalue weighted by atomic mass is 16.3. The zero-order valence-corrected chi connectivity index (χ0v) is 15.4. The molecular formula is C23H24N2O2. The number of benzene rings is 3. The summed E-state index contributed by atoms with van der Waals surface area (Å²) in [7, 11) is 0. The summed E-state index contributed by atoms with van der Waals surface area (Å²) in [5.74, 6) is -0.412. The molecule has 27 heavy (non-hydrogen) atoms. The normalized spacial score (nSPS) is 11.6. The topological polar surface area (TPSA) is 52.6 Å². The minimum absolute atomic E-state index is 0.412. The SMILES string of the molecule is CC(O)C(=O)Nc1cccc(N(Cc2ccccc2)Cc2ccccc2)c1. The van der Waals surface area contributed by atoms with Gasteiger partial charge in [-0.3, -0.25) is 4.79 Å². The Morgan fingerprint density at radius 1 is 0.889 bits per heavy atom. The highest BCUT2D eigenvalue weighted by Crippen LogP contribution is 2.24. The van der Waals surface area contributed by atoms with Gasteiger partial charge < -0.3 is 15.3 Å². The second kappa shape index (κ2) is 9.01. The molecule has 0 saturated heterocycles. The highest BCUT2D eigenvalue weighted by Gasteiger charge is 2.12. The summed E-state index contributed by atoms with van der Waals surface area (Å²) in [4.78, 5) is 14.1. The Bertz CT molecular complexity index is 822. The van der Waals surface area contributed by atoms with E-state index in [1.807, 2.05) is 60.7 Å². The Kier molecular flexibility index (Phi) is 6.23. The minimum atomic E-state index is -1.04. The summed E-state index contributed by atoms with van der Waals surface area (Å²) in [6.07, 6.45) is -1.04. The fourth-order valence-corrected chi connectivity index (χ4v) is 2.87. The molecule has 0 heterocycles.